The SMILES string of the molecule is Cc1ccccc1OCC(=O)N[C@@H](Cc1cccc2ccccc12)C(=O)NCc1ccc(N)nc1. The van der Waals surface area contributed by atoms with Crippen molar-refractivity contribution < 1.29 is 14.3 Å². The quantitative estimate of drug-likeness (QED) is 0.348. The van der Waals surface area contributed by atoms with Gasteiger partial charge in [-0.1, -0.05) is 66.7 Å². The van der Waals surface area contributed by atoms with E-state index in [9.17, 15) is 9.59 Å². The Hall–Kier alpha value is -4.39. The summed E-state index contributed by atoms with van der Waals surface area (Å²) in [5.74, 6) is 0.380. The number of ether oxygens (including phenoxy) is 1. The van der Waals surface area contributed by atoms with E-state index in [1.54, 1.807) is 18.3 Å². The molecule has 3 aromatic carbocycles. The average molecular weight is 469 g/mol. The highest BCUT2D eigenvalue weighted by atomic mass is 16.5. The standard InChI is InChI=1S/C28H28N4O3/c1-19-7-2-5-12-25(19)35-18-27(33)32-24(28(34)31-17-20-13-14-26(29)30-16-20)15-22-10-6-9-21-8-3-4-11-23(21)22/h2-14,16,24H,15,17-18H2,1H3,(H2,29,30)(H,31,34)(H,32,33)/t24-/m0/s1. The van der Waals surface area contributed by atoms with Gasteiger partial charge in [0.2, 0.25) is 5.91 Å². The number of nitrogens with one attached hydrogen (secondary N) is 2. The lowest BCUT2D eigenvalue weighted by Crippen LogP contribution is -2.49. The minimum absolute atomic E-state index is 0.188. The Labute approximate surface area is 204 Å². The van der Waals surface area contributed by atoms with Crippen LogP contribution in [0.5, 0.6) is 5.75 Å². The highest BCUT2D eigenvalue weighted by Gasteiger charge is 2.22. The highest BCUT2D eigenvalue weighted by Crippen LogP contribution is 2.20. The van der Waals surface area contributed by atoms with Crippen LogP contribution in [0.15, 0.2) is 85.1 Å². The second-order valence-electron chi connectivity index (χ2n) is 8.33. The molecule has 0 saturated carbocycles. The number of para-hydroxylation sites is 1. The summed E-state index contributed by atoms with van der Waals surface area (Å²) in [6.07, 6.45) is 1.95. The summed E-state index contributed by atoms with van der Waals surface area (Å²) in [6.45, 7) is 2.00. The molecule has 0 unspecified atom stereocenters. The van der Waals surface area contributed by atoms with Gasteiger partial charge in [-0.2, -0.15) is 0 Å². The Morgan fingerprint density at radius 2 is 1.74 bits per heavy atom. The number of aryl methyl sites for hydroxylation is 1. The number of hydrogen-bond donors (Lipinski definition) is 3. The molecule has 0 radical (unpaired) electrons. The summed E-state index contributed by atoms with van der Waals surface area (Å²) < 4.78 is 5.68. The molecular weight excluding hydrogens is 440 g/mol. The summed E-state index contributed by atoms with van der Waals surface area (Å²) in [7, 11) is 0. The van der Waals surface area contributed by atoms with Gasteiger partial charge in [0.1, 0.15) is 17.6 Å². The molecule has 178 valence electrons. The number of nitrogens with zero attached hydrogens (tertiary/aromatic N) is 1. The van der Waals surface area contributed by atoms with Gasteiger partial charge in [-0.15, -0.1) is 0 Å². The largest absolute Gasteiger partial charge is 0.484 e. The summed E-state index contributed by atoms with van der Waals surface area (Å²) in [5.41, 5.74) is 8.35. The first-order valence-electron chi connectivity index (χ1n) is 11.4. The van der Waals surface area contributed by atoms with Crippen molar-refractivity contribution in [3.63, 3.8) is 0 Å². The number of pyridine rings is 1. The molecule has 35 heavy (non-hydrogen) atoms. The molecule has 4 N–H and O–H groups in total. The van der Waals surface area contributed by atoms with Crippen molar-refractivity contribution in [1.82, 2.24) is 15.6 Å². The van der Waals surface area contributed by atoms with Gasteiger partial charge >= 0.3 is 0 Å². The van der Waals surface area contributed by atoms with E-state index < -0.39 is 6.04 Å². The third kappa shape index (κ3) is 6.35. The van der Waals surface area contributed by atoms with Crippen LogP contribution >= 0.6 is 0 Å². The highest BCUT2D eigenvalue weighted by molar-refractivity contribution is 5.90. The molecule has 0 fully saturated rings. The van der Waals surface area contributed by atoms with Gasteiger partial charge in [-0.05, 0) is 46.5 Å². The second-order valence-corrected chi connectivity index (χ2v) is 8.33. The molecule has 0 spiro atoms. The second kappa shape index (κ2) is 11.2. The lowest BCUT2D eigenvalue weighted by atomic mass is 9.98. The maximum absolute atomic E-state index is 13.2. The fourth-order valence-electron chi connectivity index (χ4n) is 3.85. The van der Waals surface area contributed by atoms with E-state index in [0.717, 1.165) is 27.5 Å². The molecule has 1 aromatic heterocycles. The van der Waals surface area contributed by atoms with E-state index in [4.69, 9.17) is 10.5 Å². The van der Waals surface area contributed by atoms with Crippen LogP contribution in [0.1, 0.15) is 16.7 Å². The monoisotopic (exact) mass is 468 g/mol. The first-order valence-corrected chi connectivity index (χ1v) is 11.4. The number of carbonyl (C=O) groups is 2. The van der Waals surface area contributed by atoms with Crippen LogP contribution in [-0.2, 0) is 22.6 Å². The van der Waals surface area contributed by atoms with Crippen LogP contribution in [0.2, 0.25) is 0 Å². The lowest BCUT2D eigenvalue weighted by molar-refractivity contribution is -0.130. The smallest absolute Gasteiger partial charge is 0.258 e. The van der Waals surface area contributed by atoms with Gasteiger partial charge < -0.3 is 21.1 Å². The maximum atomic E-state index is 13.2. The normalized spacial score (nSPS) is 11.6. The number of nitrogens with two attached hydrogens (primary N) is 1. The minimum Gasteiger partial charge on any atom is -0.484 e. The van der Waals surface area contributed by atoms with Crippen molar-refractivity contribution in [1.29, 1.82) is 0 Å². The zero-order valence-electron chi connectivity index (χ0n) is 19.5. The maximum Gasteiger partial charge on any atom is 0.258 e. The van der Waals surface area contributed by atoms with Crippen LogP contribution in [0.25, 0.3) is 10.8 Å². The van der Waals surface area contributed by atoms with Crippen molar-refractivity contribution in [3.05, 3.63) is 102 Å². The molecule has 1 heterocycles. The Morgan fingerprint density at radius 3 is 2.54 bits per heavy atom. The summed E-state index contributed by atoms with van der Waals surface area (Å²) in [5, 5.41) is 7.87. The number of nitrogen functional groups attached to an aromatic ring is 1. The van der Waals surface area contributed by atoms with E-state index in [2.05, 4.69) is 15.6 Å². The Balaban J connectivity index is 1.48. The number of aromatic nitrogens is 1. The first kappa shape index (κ1) is 23.8. The topological polar surface area (TPSA) is 106 Å². The van der Waals surface area contributed by atoms with Gasteiger partial charge in [-0.3, -0.25) is 9.59 Å². The van der Waals surface area contributed by atoms with Crippen LogP contribution < -0.4 is 21.1 Å². The lowest BCUT2D eigenvalue weighted by Gasteiger charge is -2.20. The molecule has 0 aliphatic carbocycles. The Morgan fingerprint density at radius 1 is 0.971 bits per heavy atom. The van der Waals surface area contributed by atoms with Gasteiger partial charge in [-0.25, -0.2) is 4.98 Å². The van der Waals surface area contributed by atoms with E-state index >= 15 is 0 Å². The zero-order chi connectivity index (χ0) is 24.6. The van der Waals surface area contributed by atoms with Gasteiger partial charge in [0, 0.05) is 19.2 Å². The zero-order valence-corrected chi connectivity index (χ0v) is 19.5. The molecule has 0 saturated heterocycles. The number of carbonyl (C=O) groups excluding carboxylic acids is 2. The Kier molecular flexibility index (Phi) is 7.57. The third-order valence-electron chi connectivity index (χ3n) is 5.72. The number of anilines is 1. The number of hydrogen-bond acceptors (Lipinski definition) is 5. The summed E-state index contributed by atoms with van der Waals surface area (Å²) in [6, 6.07) is 24.1. The van der Waals surface area contributed by atoms with Crippen molar-refractivity contribution >= 4 is 28.4 Å². The fourth-order valence-corrected chi connectivity index (χ4v) is 3.85. The van der Waals surface area contributed by atoms with E-state index in [1.165, 1.54) is 0 Å². The summed E-state index contributed by atoms with van der Waals surface area (Å²) in [4.78, 5) is 30.0. The van der Waals surface area contributed by atoms with Crippen LogP contribution in [0.4, 0.5) is 5.82 Å². The summed E-state index contributed by atoms with van der Waals surface area (Å²) >= 11 is 0. The molecule has 4 aromatic rings. The first-order chi connectivity index (χ1) is 17.0. The van der Waals surface area contributed by atoms with Crippen molar-refractivity contribution in [2.24, 2.45) is 0 Å². The molecule has 0 aliphatic heterocycles. The molecule has 4 rings (SSSR count). The number of rotatable bonds is 9. The van der Waals surface area contributed by atoms with E-state index in [-0.39, 0.29) is 25.0 Å². The van der Waals surface area contributed by atoms with Crippen LogP contribution in [0.3, 0.4) is 0 Å². The third-order valence-corrected chi connectivity index (χ3v) is 5.72. The minimum atomic E-state index is -0.782. The van der Waals surface area contributed by atoms with E-state index in [1.807, 2.05) is 73.7 Å². The van der Waals surface area contributed by atoms with Gasteiger partial charge in [0.15, 0.2) is 6.61 Å². The molecule has 7 heteroatoms. The molecule has 1 atom stereocenters. The average Bonchev–Trinajstić information content (AvgIpc) is 2.87. The molecule has 2 amide bonds. The van der Waals surface area contributed by atoms with Crippen molar-refractivity contribution in [2.45, 2.75) is 25.9 Å². The number of amides is 2. The molecule has 0 aliphatic rings. The molecule has 7 nitrogen and oxygen atoms in total. The van der Waals surface area contributed by atoms with Crippen molar-refractivity contribution in [3.8, 4) is 5.75 Å². The number of benzene rings is 3. The van der Waals surface area contributed by atoms with Crippen molar-refractivity contribution in [2.75, 3.05) is 12.3 Å². The Bertz CT molecular complexity index is 1320. The van der Waals surface area contributed by atoms with Gasteiger partial charge in [0.25, 0.3) is 5.91 Å². The van der Waals surface area contributed by atoms with E-state index in [0.29, 0.717) is 18.0 Å². The van der Waals surface area contributed by atoms with Crippen LogP contribution in [-0.4, -0.2) is 29.4 Å². The fraction of sp³-hybridized carbons (Fsp3) is 0.179. The number of fused-ring (bicyclic) bond motifs is 1. The predicted octanol–water partition coefficient (Wildman–Crippen LogP) is 3.55. The van der Waals surface area contributed by atoms with Gasteiger partial charge in [0.05, 0.1) is 0 Å². The van der Waals surface area contributed by atoms with Crippen LogP contribution in [0, 0.1) is 6.92 Å². The molecular formula is C28H28N4O3. The predicted molar refractivity (Wildman–Crippen MR) is 137 cm³/mol. The molecule has 0 bridgehead atoms.